The molecule has 3 nitrogen and oxygen atoms in total. The number of carbonyl (C=O) groups is 1. The molecule has 0 aromatic carbocycles. The molecular formula is C5H12N2O. The van der Waals surface area contributed by atoms with E-state index in [2.05, 4.69) is 0 Å². The van der Waals surface area contributed by atoms with E-state index in [4.69, 9.17) is 11.5 Å². The van der Waals surface area contributed by atoms with Crippen LogP contribution in [-0.2, 0) is 4.79 Å². The molecule has 0 radical (unpaired) electrons. The van der Waals surface area contributed by atoms with Crippen LogP contribution in [0.25, 0.3) is 0 Å². The van der Waals surface area contributed by atoms with Gasteiger partial charge in [-0.05, 0) is 19.9 Å². The highest BCUT2D eigenvalue weighted by molar-refractivity contribution is 5.81. The van der Waals surface area contributed by atoms with Crippen LogP contribution in [0.3, 0.4) is 0 Å². The van der Waals surface area contributed by atoms with E-state index in [1.54, 1.807) is 0 Å². The summed E-state index contributed by atoms with van der Waals surface area (Å²) in [7, 11) is 0. The molecule has 0 spiro atoms. The molecule has 1 atom stereocenters. The molecule has 0 fully saturated rings. The van der Waals surface area contributed by atoms with Gasteiger partial charge in [0.05, 0.1) is 6.04 Å². The Morgan fingerprint density at radius 2 is 2.25 bits per heavy atom. The first-order chi connectivity index (χ1) is 3.68. The van der Waals surface area contributed by atoms with E-state index < -0.39 is 0 Å². The smallest absolute Gasteiger partial charge is 0.146 e. The zero-order valence-electron chi connectivity index (χ0n) is 5.05. The molecule has 8 heavy (non-hydrogen) atoms. The maximum absolute atomic E-state index is 10.4. The van der Waals surface area contributed by atoms with E-state index in [0.29, 0.717) is 13.0 Å². The second-order valence-electron chi connectivity index (χ2n) is 1.79. The van der Waals surface area contributed by atoms with Crippen molar-refractivity contribution in [1.29, 1.82) is 0 Å². The van der Waals surface area contributed by atoms with Gasteiger partial charge in [-0.25, -0.2) is 0 Å². The molecule has 0 aliphatic rings. The Morgan fingerprint density at radius 3 is 2.38 bits per heavy atom. The number of ketones is 1. The maximum Gasteiger partial charge on any atom is 0.146 e. The predicted octanol–water partition coefficient (Wildman–Crippen LogP) is -0.748. The van der Waals surface area contributed by atoms with Crippen molar-refractivity contribution < 1.29 is 4.79 Å². The second-order valence-corrected chi connectivity index (χ2v) is 1.79. The van der Waals surface area contributed by atoms with E-state index in [9.17, 15) is 4.79 Å². The SMILES string of the molecule is CC(=O)[C@H](N)CCN. The molecular weight excluding hydrogens is 104 g/mol. The molecule has 0 aromatic rings. The van der Waals surface area contributed by atoms with Gasteiger partial charge in [0.15, 0.2) is 0 Å². The first-order valence-electron chi connectivity index (χ1n) is 2.64. The largest absolute Gasteiger partial charge is 0.330 e. The Kier molecular flexibility index (Phi) is 3.39. The highest BCUT2D eigenvalue weighted by Gasteiger charge is 2.04. The van der Waals surface area contributed by atoms with E-state index >= 15 is 0 Å². The average Bonchev–Trinajstić information content (AvgIpc) is 1.67. The molecule has 0 aliphatic heterocycles. The fourth-order valence-electron chi connectivity index (χ4n) is 0.383. The van der Waals surface area contributed by atoms with Crippen LogP contribution in [0.2, 0.25) is 0 Å². The van der Waals surface area contributed by atoms with E-state index in [0.717, 1.165) is 0 Å². The molecule has 0 unspecified atom stereocenters. The van der Waals surface area contributed by atoms with Crippen LogP contribution in [0.1, 0.15) is 13.3 Å². The van der Waals surface area contributed by atoms with Crippen molar-refractivity contribution in [2.45, 2.75) is 19.4 Å². The van der Waals surface area contributed by atoms with Gasteiger partial charge < -0.3 is 11.5 Å². The minimum absolute atomic E-state index is 0.00968. The van der Waals surface area contributed by atoms with E-state index in [1.807, 2.05) is 0 Å². The number of hydrogen-bond donors (Lipinski definition) is 2. The van der Waals surface area contributed by atoms with Crippen LogP contribution < -0.4 is 11.5 Å². The quantitative estimate of drug-likeness (QED) is 0.510. The highest BCUT2D eigenvalue weighted by Crippen LogP contribution is 1.84. The Labute approximate surface area is 49.0 Å². The topological polar surface area (TPSA) is 69.1 Å². The molecule has 48 valence electrons. The minimum atomic E-state index is -0.347. The molecule has 0 aliphatic carbocycles. The molecule has 0 aromatic heterocycles. The summed E-state index contributed by atoms with van der Waals surface area (Å²) in [6, 6.07) is -0.347. The van der Waals surface area contributed by atoms with Crippen LogP contribution in [0.15, 0.2) is 0 Å². The van der Waals surface area contributed by atoms with Gasteiger partial charge in [-0.1, -0.05) is 0 Å². The predicted molar refractivity (Wildman–Crippen MR) is 32.3 cm³/mol. The van der Waals surface area contributed by atoms with Gasteiger partial charge in [-0.2, -0.15) is 0 Å². The number of hydrogen-bond acceptors (Lipinski definition) is 3. The Balaban J connectivity index is 3.32. The lowest BCUT2D eigenvalue weighted by Crippen LogP contribution is -2.30. The van der Waals surface area contributed by atoms with Gasteiger partial charge in [0.25, 0.3) is 0 Å². The van der Waals surface area contributed by atoms with Crippen LogP contribution in [0.4, 0.5) is 0 Å². The number of rotatable bonds is 3. The average molecular weight is 116 g/mol. The lowest BCUT2D eigenvalue weighted by Gasteiger charge is -2.02. The molecule has 4 N–H and O–H groups in total. The molecule has 0 rings (SSSR count). The van der Waals surface area contributed by atoms with Gasteiger partial charge in [0, 0.05) is 0 Å². The summed E-state index contributed by atoms with van der Waals surface area (Å²) in [6.07, 6.45) is 0.593. The third kappa shape index (κ3) is 2.71. The van der Waals surface area contributed by atoms with Crippen LogP contribution in [-0.4, -0.2) is 18.4 Å². The monoisotopic (exact) mass is 116 g/mol. The standard InChI is InChI=1S/C5H12N2O/c1-4(8)5(7)2-3-6/h5H,2-3,6-7H2,1H3/t5-/m1/s1. The van der Waals surface area contributed by atoms with E-state index in [-0.39, 0.29) is 11.8 Å². The summed E-state index contributed by atoms with van der Waals surface area (Å²) in [4.78, 5) is 10.4. The summed E-state index contributed by atoms with van der Waals surface area (Å²) in [5.74, 6) is 0.00968. The maximum atomic E-state index is 10.4. The van der Waals surface area contributed by atoms with Crippen molar-refractivity contribution >= 4 is 5.78 Å². The Morgan fingerprint density at radius 1 is 1.75 bits per heavy atom. The lowest BCUT2D eigenvalue weighted by molar-refractivity contribution is -0.118. The highest BCUT2D eigenvalue weighted by atomic mass is 16.1. The summed E-state index contributed by atoms with van der Waals surface area (Å²) in [6.45, 7) is 1.96. The molecule has 0 bridgehead atoms. The second kappa shape index (κ2) is 3.57. The van der Waals surface area contributed by atoms with Crippen molar-refractivity contribution in [3.63, 3.8) is 0 Å². The van der Waals surface area contributed by atoms with Gasteiger partial charge in [-0.15, -0.1) is 0 Å². The van der Waals surface area contributed by atoms with Crippen molar-refractivity contribution in [2.24, 2.45) is 11.5 Å². The van der Waals surface area contributed by atoms with Crippen molar-refractivity contribution in [2.75, 3.05) is 6.54 Å². The minimum Gasteiger partial charge on any atom is -0.330 e. The molecule has 0 amide bonds. The fraction of sp³-hybridized carbons (Fsp3) is 0.800. The summed E-state index contributed by atoms with van der Waals surface area (Å²) >= 11 is 0. The third-order valence-electron chi connectivity index (χ3n) is 1.000. The van der Waals surface area contributed by atoms with Crippen molar-refractivity contribution in [1.82, 2.24) is 0 Å². The summed E-state index contributed by atoms with van der Waals surface area (Å²) < 4.78 is 0. The number of carbonyl (C=O) groups excluding carboxylic acids is 1. The van der Waals surface area contributed by atoms with Crippen LogP contribution in [0.5, 0.6) is 0 Å². The number of Topliss-reactive ketones (excluding diaryl/α,β-unsaturated/α-hetero) is 1. The van der Waals surface area contributed by atoms with Gasteiger partial charge in [0.1, 0.15) is 5.78 Å². The number of nitrogens with two attached hydrogens (primary N) is 2. The zero-order valence-corrected chi connectivity index (χ0v) is 5.05. The van der Waals surface area contributed by atoms with Crippen molar-refractivity contribution in [3.8, 4) is 0 Å². The van der Waals surface area contributed by atoms with Gasteiger partial charge in [-0.3, -0.25) is 4.79 Å². The molecule has 3 heteroatoms. The van der Waals surface area contributed by atoms with Gasteiger partial charge >= 0.3 is 0 Å². The molecule has 0 saturated heterocycles. The van der Waals surface area contributed by atoms with E-state index in [1.165, 1.54) is 6.92 Å². The lowest BCUT2D eigenvalue weighted by atomic mass is 10.1. The first kappa shape index (κ1) is 7.59. The van der Waals surface area contributed by atoms with Crippen molar-refractivity contribution in [3.05, 3.63) is 0 Å². The Hall–Kier alpha value is -0.410. The Bertz CT molecular complexity index is 82.5. The van der Waals surface area contributed by atoms with Gasteiger partial charge in [0.2, 0.25) is 0 Å². The third-order valence-corrected chi connectivity index (χ3v) is 1.000. The van der Waals surface area contributed by atoms with Crippen LogP contribution in [0, 0.1) is 0 Å². The zero-order chi connectivity index (χ0) is 6.57. The summed E-state index contributed by atoms with van der Waals surface area (Å²) in [5, 5.41) is 0. The fourth-order valence-corrected chi connectivity index (χ4v) is 0.383. The van der Waals surface area contributed by atoms with Crippen LogP contribution >= 0.6 is 0 Å². The molecule has 0 heterocycles. The normalized spacial score (nSPS) is 13.4. The first-order valence-corrected chi connectivity index (χ1v) is 2.64. The summed E-state index contributed by atoms with van der Waals surface area (Å²) in [5.41, 5.74) is 10.4. The molecule has 0 saturated carbocycles.